The number of allylic oxidation sites excluding steroid dienone is 1. The lowest BCUT2D eigenvalue weighted by molar-refractivity contribution is 0.194. The predicted octanol–water partition coefficient (Wildman–Crippen LogP) is 0.0970. The summed E-state index contributed by atoms with van der Waals surface area (Å²) in [6, 6.07) is -0.0774. The van der Waals surface area contributed by atoms with Gasteiger partial charge in [-0.25, -0.2) is 4.79 Å². The van der Waals surface area contributed by atoms with Gasteiger partial charge >= 0.3 is 5.69 Å². The van der Waals surface area contributed by atoms with Crippen LogP contribution in [0.1, 0.15) is 24.4 Å². The maximum atomic E-state index is 11.6. The molecule has 0 aliphatic heterocycles. The van der Waals surface area contributed by atoms with Crippen LogP contribution in [0.15, 0.2) is 27.9 Å². The molecule has 0 saturated carbocycles. The quantitative estimate of drug-likeness (QED) is 0.661. The molecule has 0 amide bonds. The van der Waals surface area contributed by atoms with Gasteiger partial charge in [-0.05, 0) is 19.8 Å². The fourth-order valence-corrected chi connectivity index (χ4v) is 1.85. The Hall–Kier alpha value is -1.62. The van der Waals surface area contributed by atoms with E-state index in [1.165, 1.54) is 4.57 Å². The van der Waals surface area contributed by atoms with Crippen LogP contribution in [-0.2, 0) is 0 Å². The molecule has 0 unspecified atom stereocenters. The second-order valence-corrected chi connectivity index (χ2v) is 4.08. The van der Waals surface area contributed by atoms with E-state index in [0.29, 0.717) is 18.4 Å². The smallest absolute Gasteiger partial charge is 0.328 e. The second-order valence-electron chi connectivity index (χ2n) is 4.08. The van der Waals surface area contributed by atoms with Crippen molar-refractivity contribution in [3.8, 4) is 0 Å². The van der Waals surface area contributed by atoms with Gasteiger partial charge in [0.15, 0.2) is 0 Å². The third-order valence-corrected chi connectivity index (χ3v) is 2.82. The number of hydrogen-bond donors (Lipinski definition) is 2. The zero-order valence-electron chi connectivity index (χ0n) is 9.01. The zero-order chi connectivity index (χ0) is 11.7. The Balaban J connectivity index is 2.42. The van der Waals surface area contributed by atoms with Crippen molar-refractivity contribution in [2.24, 2.45) is 0 Å². The van der Waals surface area contributed by atoms with Crippen molar-refractivity contribution in [1.29, 1.82) is 0 Å². The molecule has 0 fully saturated rings. The van der Waals surface area contributed by atoms with Gasteiger partial charge in [-0.1, -0.05) is 12.2 Å². The van der Waals surface area contributed by atoms with Crippen molar-refractivity contribution in [3.63, 3.8) is 0 Å². The molecule has 0 aromatic carbocycles. The van der Waals surface area contributed by atoms with Crippen molar-refractivity contribution in [1.82, 2.24) is 9.55 Å². The van der Waals surface area contributed by atoms with E-state index in [2.05, 4.69) is 4.98 Å². The van der Waals surface area contributed by atoms with E-state index >= 15 is 0 Å². The van der Waals surface area contributed by atoms with Gasteiger partial charge in [-0.2, -0.15) is 0 Å². The van der Waals surface area contributed by atoms with Gasteiger partial charge < -0.3 is 5.11 Å². The van der Waals surface area contributed by atoms with Crippen LogP contribution in [0.5, 0.6) is 0 Å². The van der Waals surface area contributed by atoms with E-state index in [1.54, 1.807) is 25.3 Å². The number of H-pyrrole nitrogens is 1. The molecule has 0 saturated heterocycles. The topological polar surface area (TPSA) is 75.1 Å². The second kappa shape index (κ2) is 4.09. The third kappa shape index (κ3) is 1.99. The molecule has 5 heteroatoms. The van der Waals surface area contributed by atoms with Crippen LogP contribution in [0.4, 0.5) is 0 Å². The van der Waals surface area contributed by atoms with Crippen LogP contribution in [0.2, 0.25) is 0 Å². The van der Waals surface area contributed by atoms with E-state index in [1.807, 2.05) is 0 Å². The summed E-state index contributed by atoms with van der Waals surface area (Å²) in [6.45, 7) is 1.66. The third-order valence-electron chi connectivity index (χ3n) is 2.82. The minimum absolute atomic E-state index is 0.0774. The average Bonchev–Trinajstić information content (AvgIpc) is 2.25. The highest BCUT2D eigenvalue weighted by Gasteiger charge is 2.16. The summed E-state index contributed by atoms with van der Waals surface area (Å²) in [5.41, 5.74) is -0.234. The van der Waals surface area contributed by atoms with Crippen molar-refractivity contribution in [2.75, 3.05) is 0 Å². The van der Waals surface area contributed by atoms with Crippen LogP contribution >= 0.6 is 0 Å². The largest absolute Gasteiger partial charge is 0.389 e. The molecule has 1 heterocycles. The lowest BCUT2D eigenvalue weighted by Crippen LogP contribution is -2.33. The van der Waals surface area contributed by atoms with Gasteiger partial charge in [0.05, 0.1) is 12.1 Å². The number of nitrogens with zero attached hydrogens (tertiary/aromatic N) is 1. The van der Waals surface area contributed by atoms with Crippen LogP contribution < -0.4 is 11.2 Å². The van der Waals surface area contributed by atoms with Crippen LogP contribution in [0.3, 0.4) is 0 Å². The Morgan fingerprint density at radius 3 is 2.75 bits per heavy atom. The lowest BCUT2D eigenvalue weighted by atomic mass is 10.0. The molecule has 2 N–H and O–H groups in total. The van der Waals surface area contributed by atoms with E-state index in [0.717, 1.165) is 0 Å². The van der Waals surface area contributed by atoms with Gasteiger partial charge in [0, 0.05) is 11.8 Å². The number of nitrogens with one attached hydrogen (secondary N) is 1. The van der Waals surface area contributed by atoms with Gasteiger partial charge in [0.2, 0.25) is 0 Å². The molecule has 1 aliphatic rings. The number of rotatable bonds is 1. The highest BCUT2D eigenvalue weighted by molar-refractivity contribution is 5.07. The van der Waals surface area contributed by atoms with Crippen LogP contribution in [0.25, 0.3) is 0 Å². The minimum Gasteiger partial charge on any atom is -0.389 e. The first-order valence-corrected chi connectivity index (χ1v) is 5.26. The summed E-state index contributed by atoms with van der Waals surface area (Å²) < 4.78 is 1.50. The summed E-state index contributed by atoms with van der Waals surface area (Å²) in [4.78, 5) is 25.1. The number of aliphatic hydroxyl groups excluding tert-OH is 1. The molecule has 86 valence electrons. The molecular formula is C11H14N2O3. The maximum Gasteiger partial charge on any atom is 0.328 e. The fraction of sp³-hybridized carbons (Fsp3) is 0.455. The molecule has 0 bridgehead atoms. The molecule has 0 radical (unpaired) electrons. The first-order valence-electron chi connectivity index (χ1n) is 5.26. The predicted molar refractivity (Wildman–Crippen MR) is 59.5 cm³/mol. The highest BCUT2D eigenvalue weighted by Crippen LogP contribution is 2.20. The Morgan fingerprint density at radius 1 is 1.38 bits per heavy atom. The molecule has 2 rings (SSSR count). The van der Waals surface area contributed by atoms with E-state index in [9.17, 15) is 14.7 Å². The van der Waals surface area contributed by atoms with Gasteiger partial charge in [0.25, 0.3) is 5.56 Å². The standard InChI is InChI=1S/C11H14N2O3/c1-7-6-13(11(16)12-10(7)15)8-2-4-9(14)5-3-8/h2,4,6,8-9,14H,3,5H2,1H3,(H,12,15,16)/t8-,9-/m1/s1. The van der Waals surface area contributed by atoms with Gasteiger partial charge in [0.1, 0.15) is 0 Å². The zero-order valence-corrected chi connectivity index (χ0v) is 9.01. The van der Waals surface area contributed by atoms with Crippen molar-refractivity contribution in [2.45, 2.75) is 31.9 Å². The monoisotopic (exact) mass is 222 g/mol. The summed E-state index contributed by atoms with van der Waals surface area (Å²) in [5.74, 6) is 0. The van der Waals surface area contributed by atoms with Gasteiger partial charge in [-0.3, -0.25) is 14.3 Å². The molecule has 5 nitrogen and oxygen atoms in total. The van der Waals surface area contributed by atoms with E-state index < -0.39 is 11.8 Å². The lowest BCUT2D eigenvalue weighted by Gasteiger charge is -2.21. The van der Waals surface area contributed by atoms with Gasteiger partial charge in [-0.15, -0.1) is 0 Å². The van der Waals surface area contributed by atoms with Crippen LogP contribution in [-0.4, -0.2) is 20.8 Å². The van der Waals surface area contributed by atoms with Crippen molar-refractivity contribution < 1.29 is 5.11 Å². The Morgan fingerprint density at radius 2 is 2.12 bits per heavy atom. The van der Waals surface area contributed by atoms with E-state index in [4.69, 9.17) is 0 Å². The molecule has 1 aromatic heterocycles. The maximum absolute atomic E-state index is 11.6. The highest BCUT2D eigenvalue weighted by atomic mass is 16.3. The first-order chi connectivity index (χ1) is 7.58. The number of hydrogen-bond acceptors (Lipinski definition) is 3. The van der Waals surface area contributed by atoms with E-state index in [-0.39, 0.29) is 11.6 Å². The van der Waals surface area contributed by atoms with Crippen LogP contribution in [0, 0.1) is 6.92 Å². The molecular weight excluding hydrogens is 208 g/mol. The van der Waals surface area contributed by atoms with Crippen molar-refractivity contribution >= 4 is 0 Å². The Kier molecular flexibility index (Phi) is 2.78. The first kappa shape index (κ1) is 10.9. The van der Waals surface area contributed by atoms with Crippen molar-refractivity contribution in [3.05, 3.63) is 44.8 Å². The Labute approximate surface area is 92.1 Å². The molecule has 2 atom stereocenters. The summed E-state index contributed by atoms with van der Waals surface area (Å²) in [7, 11) is 0. The summed E-state index contributed by atoms with van der Waals surface area (Å²) >= 11 is 0. The summed E-state index contributed by atoms with van der Waals surface area (Å²) in [5, 5.41) is 9.31. The normalized spacial score (nSPS) is 24.6. The SMILES string of the molecule is Cc1cn([C@@H]2C=C[C@@H](O)CC2)c(=O)[nH]c1=O. The number of aromatic amines is 1. The molecule has 1 aromatic rings. The fourth-order valence-electron chi connectivity index (χ4n) is 1.85. The number of aliphatic hydroxyl groups is 1. The minimum atomic E-state index is -0.421. The molecule has 0 spiro atoms. The average molecular weight is 222 g/mol. The molecule has 16 heavy (non-hydrogen) atoms. The summed E-state index contributed by atoms with van der Waals surface area (Å²) in [6.07, 6.45) is 5.95. The number of aryl methyl sites for hydroxylation is 1. The number of aromatic nitrogens is 2. The Bertz CT molecular complexity index is 527. The molecule has 1 aliphatic carbocycles.